The molecule has 0 unspecified atom stereocenters. The van der Waals surface area contributed by atoms with E-state index in [-0.39, 0.29) is 5.56 Å². The molecule has 0 saturated carbocycles. The number of aryl methyl sites for hydroxylation is 1. The topological polar surface area (TPSA) is 50.7 Å². The van der Waals surface area contributed by atoms with Crippen LogP contribution in [0.25, 0.3) is 27.6 Å². The van der Waals surface area contributed by atoms with Gasteiger partial charge in [-0.05, 0) is 49.4 Å². The molecule has 1 N–H and O–H groups in total. The molecule has 144 valence electrons. The van der Waals surface area contributed by atoms with Crippen LogP contribution in [0.2, 0.25) is 0 Å². The van der Waals surface area contributed by atoms with Crippen molar-refractivity contribution in [2.45, 2.75) is 39.3 Å². The zero-order valence-electron chi connectivity index (χ0n) is 16.7. The fourth-order valence-electron chi connectivity index (χ4n) is 3.42. The number of aromatic amines is 1. The highest BCUT2D eigenvalue weighted by molar-refractivity contribution is 7.99. The van der Waals surface area contributed by atoms with Crippen molar-refractivity contribution in [3.63, 3.8) is 0 Å². The first-order valence-corrected chi connectivity index (χ1v) is 10.7. The number of nitrogens with one attached hydrogen (secondary N) is 1. The van der Waals surface area contributed by atoms with Crippen molar-refractivity contribution in [3.05, 3.63) is 63.9 Å². The third kappa shape index (κ3) is 3.24. The largest absolute Gasteiger partial charge is 0.349 e. The fraction of sp³-hybridized carbons (Fsp3) is 0.304. The van der Waals surface area contributed by atoms with Crippen molar-refractivity contribution in [1.29, 1.82) is 0 Å². The first-order valence-electron chi connectivity index (χ1n) is 9.70. The van der Waals surface area contributed by atoms with Crippen LogP contribution in [0, 0.1) is 19.8 Å². The Labute approximate surface area is 169 Å². The predicted molar refractivity (Wildman–Crippen MR) is 119 cm³/mol. The Morgan fingerprint density at radius 2 is 1.89 bits per heavy atom. The molecule has 0 saturated heterocycles. The molecule has 0 amide bonds. The van der Waals surface area contributed by atoms with E-state index in [2.05, 4.69) is 38.7 Å². The molecule has 4 aromatic rings. The fourth-order valence-corrected chi connectivity index (χ4v) is 4.65. The molecule has 0 radical (unpaired) electrons. The summed E-state index contributed by atoms with van der Waals surface area (Å²) in [5, 5.41) is 1.75. The number of rotatable bonds is 5. The van der Waals surface area contributed by atoms with Gasteiger partial charge in [-0.3, -0.25) is 9.36 Å². The van der Waals surface area contributed by atoms with Crippen LogP contribution in [0.15, 0.2) is 52.4 Å². The van der Waals surface area contributed by atoms with Crippen LogP contribution in [0.3, 0.4) is 0 Å². The van der Waals surface area contributed by atoms with E-state index >= 15 is 0 Å². The Bertz CT molecular complexity index is 1220. The maximum absolute atomic E-state index is 13.6. The van der Waals surface area contributed by atoms with Gasteiger partial charge in [-0.2, -0.15) is 0 Å². The summed E-state index contributed by atoms with van der Waals surface area (Å²) in [6.45, 7) is 8.57. The van der Waals surface area contributed by atoms with Gasteiger partial charge in [-0.25, -0.2) is 4.98 Å². The number of nitrogens with zero attached hydrogens (tertiary/aromatic N) is 2. The van der Waals surface area contributed by atoms with E-state index in [9.17, 15) is 4.79 Å². The number of hydrogen-bond acceptors (Lipinski definition) is 3. The normalized spacial score (nSPS) is 11.8. The van der Waals surface area contributed by atoms with Crippen LogP contribution in [-0.2, 0) is 0 Å². The van der Waals surface area contributed by atoms with E-state index in [0.29, 0.717) is 11.4 Å². The van der Waals surface area contributed by atoms with Crippen molar-refractivity contribution < 1.29 is 0 Å². The number of aromatic nitrogens is 3. The monoisotopic (exact) mass is 391 g/mol. The minimum atomic E-state index is -0.0399. The molecule has 0 fully saturated rings. The van der Waals surface area contributed by atoms with E-state index in [1.807, 2.05) is 36.4 Å². The summed E-state index contributed by atoms with van der Waals surface area (Å²) in [7, 11) is 0. The summed E-state index contributed by atoms with van der Waals surface area (Å²) in [5.74, 6) is 1.55. The Balaban J connectivity index is 2.00. The van der Waals surface area contributed by atoms with Gasteiger partial charge in [0.1, 0.15) is 11.0 Å². The SMILES string of the molecule is Cc1cccc(-n2c(SCCC(C)C)nc3c([nH]c4ccccc43)c2=O)c1C. The zero-order valence-corrected chi connectivity index (χ0v) is 17.6. The van der Waals surface area contributed by atoms with Gasteiger partial charge in [-0.1, -0.05) is 55.9 Å². The van der Waals surface area contributed by atoms with E-state index < -0.39 is 0 Å². The van der Waals surface area contributed by atoms with Crippen LogP contribution >= 0.6 is 11.8 Å². The Kier molecular flexibility index (Phi) is 5.02. The molecule has 0 bridgehead atoms. The molecule has 0 atom stereocenters. The quantitative estimate of drug-likeness (QED) is 0.355. The summed E-state index contributed by atoms with van der Waals surface area (Å²) < 4.78 is 1.78. The van der Waals surface area contributed by atoms with Gasteiger partial charge in [0.15, 0.2) is 5.16 Å². The lowest BCUT2D eigenvalue weighted by atomic mass is 10.1. The molecule has 5 heteroatoms. The van der Waals surface area contributed by atoms with Crippen molar-refractivity contribution in [2.24, 2.45) is 5.92 Å². The molecule has 0 aliphatic carbocycles. The van der Waals surface area contributed by atoms with E-state index in [0.717, 1.165) is 45.0 Å². The van der Waals surface area contributed by atoms with Crippen molar-refractivity contribution in [2.75, 3.05) is 5.75 Å². The molecule has 4 rings (SSSR count). The van der Waals surface area contributed by atoms with E-state index in [4.69, 9.17) is 4.98 Å². The Morgan fingerprint density at radius 3 is 2.68 bits per heavy atom. The lowest BCUT2D eigenvalue weighted by molar-refractivity contribution is 0.631. The van der Waals surface area contributed by atoms with Gasteiger partial charge in [0.25, 0.3) is 5.56 Å². The summed E-state index contributed by atoms with van der Waals surface area (Å²) in [6.07, 6.45) is 1.08. The number of H-pyrrole nitrogens is 1. The number of fused-ring (bicyclic) bond motifs is 3. The van der Waals surface area contributed by atoms with Crippen molar-refractivity contribution >= 4 is 33.7 Å². The van der Waals surface area contributed by atoms with E-state index in [1.54, 1.807) is 16.3 Å². The van der Waals surface area contributed by atoms with E-state index in [1.165, 1.54) is 5.56 Å². The number of benzene rings is 2. The molecular formula is C23H25N3OS. The van der Waals surface area contributed by atoms with Gasteiger partial charge in [0, 0.05) is 16.7 Å². The third-order valence-electron chi connectivity index (χ3n) is 5.24. The lowest BCUT2D eigenvalue weighted by Crippen LogP contribution is -2.23. The van der Waals surface area contributed by atoms with Crippen molar-refractivity contribution in [3.8, 4) is 5.69 Å². The molecule has 2 aromatic carbocycles. The summed E-state index contributed by atoms with van der Waals surface area (Å²) >= 11 is 1.66. The first kappa shape index (κ1) is 18.8. The summed E-state index contributed by atoms with van der Waals surface area (Å²) in [5.41, 5.74) is 5.40. The molecule has 2 heterocycles. The van der Waals surface area contributed by atoms with Crippen LogP contribution in [0.1, 0.15) is 31.4 Å². The van der Waals surface area contributed by atoms with Crippen LogP contribution in [0.5, 0.6) is 0 Å². The maximum Gasteiger partial charge on any atom is 0.283 e. The molecular weight excluding hydrogens is 366 g/mol. The van der Waals surface area contributed by atoms with Gasteiger partial charge >= 0.3 is 0 Å². The summed E-state index contributed by atoms with van der Waals surface area (Å²) in [4.78, 5) is 21.8. The number of para-hydroxylation sites is 1. The second kappa shape index (κ2) is 7.47. The minimum Gasteiger partial charge on any atom is -0.349 e. The maximum atomic E-state index is 13.6. The Hall–Kier alpha value is -2.53. The molecule has 4 nitrogen and oxygen atoms in total. The molecule has 0 aliphatic heterocycles. The highest BCUT2D eigenvalue weighted by Gasteiger charge is 2.18. The number of hydrogen-bond donors (Lipinski definition) is 1. The average molecular weight is 392 g/mol. The lowest BCUT2D eigenvalue weighted by Gasteiger charge is -2.15. The van der Waals surface area contributed by atoms with Gasteiger partial charge in [-0.15, -0.1) is 0 Å². The summed E-state index contributed by atoms with van der Waals surface area (Å²) in [6, 6.07) is 14.0. The molecule has 2 aromatic heterocycles. The molecule has 0 aliphatic rings. The van der Waals surface area contributed by atoms with Crippen LogP contribution in [0.4, 0.5) is 0 Å². The van der Waals surface area contributed by atoms with Gasteiger partial charge in [0.2, 0.25) is 0 Å². The first-order chi connectivity index (χ1) is 13.5. The highest BCUT2D eigenvalue weighted by Crippen LogP contribution is 2.28. The van der Waals surface area contributed by atoms with Gasteiger partial charge < -0.3 is 4.98 Å². The Morgan fingerprint density at radius 1 is 1.11 bits per heavy atom. The second-order valence-electron chi connectivity index (χ2n) is 7.68. The number of thioether (sulfide) groups is 1. The third-order valence-corrected chi connectivity index (χ3v) is 6.21. The zero-order chi connectivity index (χ0) is 19.8. The van der Waals surface area contributed by atoms with Gasteiger partial charge in [0.05, 0.1) is 5.69 Å². The van der Waals surface area contributed by atoms with Crippen LogP contribution in [-0.4, -0.2) is 20.3 Å². The highest BCUT2D eigenvalue weighted by atomic mass is 32.2. The minimum absolute atomic E-state index is 0.0399. The van der Waals surface area contributed by atoms with Crippen molar-refractivity contribution in [1.82, 2.24) is 14.5 Å². The molecule has 28 heavy (non-hydrogen) atoms. The van der Waals surface area contributed by atoms with Crippen LogP contribution < -0.4 is 5.56 Å². The predicted octanol–water partition coefficient (Wildman–Crippen LogP) is 5.62. The second-order valence-corrected chi connectivity index (χ2v) is 8.74. The average Bonchev–Trinajstić information content (AvgIpc) is 3.04. The molecule has 0 spiro atoms. The smallest absolute Gasteiger partial charge is 0.283 e. The standard InChI is InChI=1S/C23H25N3OS/c1-14(2)12-13-28-23-25-20-17-9-5-6-10-18(17)24-21(20)22(27)26(23)19-11-7-8-15(3)16(19)4/h5-11,14,24H,12-13H2,1-4H3.